The summed E-state index contributed by atoms with van der Waals surface area (Å²) >= 11 is 0. The fourth-order valence-electron chi connectivity index (χ4n) is 6.85. The second-order valence-electron chi connectivity index (χ2n) is 12.9. The van der Waals surface area contributed by atoms with E-state index in [4.69, 9.17) is 4.74 Å². The Morgan fingerprint density at radius 1 is 1.10 bits per heavy atom. The molecule has 0 amide bonds. The molecule has 1 aliphatic rings. The summed E-state index contributed by atoms with van der Waals surface area (Å²) in [5.41, 5.74) is 2.38. The fraction of sp³-hybridized carbons (Fsp3) is 0.457. The SMILES string of the molecule is CCCc1c(Cc2ccc(-c3ccccc3-c3noc(=O)[nH]3)cc2F)c(=O)n(C2CCC(OC(CC)C(C)(C)O)CC2)c2ncnn12.[KH]. The normalized spacial score (nSPS) is 17.4. The molecule has 0 aliphatic heterocycles. The van der Waals surface area contributed by atoms with Crippen LogP contribution < -0.4 is 11.3 Å². The minimum absolute atomic E-state index is 0. The van der Waals surface area contributed by atoms with Gasteiger partial charge in [0, 0.05) is 23.6 Å². The van der Waals surface area contributed by atoms with Gasteiger partial charge in [-0.25, -0.2) is 13.7 Å². The number of aromatic nitrogens is 6. The van der Waals surface area contributed by atoms with Crippen LogP contribution in [0.25, 0.3) is 28.3 Å². The van der Waals surface area contributed by atoms with Crippen LogP contribution in [0.2, 0.25) is 0 Å². The van der Waals surface area contributed by atoms with Crippen LogP contribution in [-0.2, 0) is 17.6 Å². The van der Waals surface area contributed by atoms with Gasteiger partial charge in [-0.05, 0) is 75.1 Å². The summed E-state index contributed by atoms with van der Waals surface area (Å²) < 4.78 is 30.4. The topological polar surface area (TPSA) is 141 Å². The number of aromatic amines is 1. The monoisotopic (exact) mass is 684 g/mol. The fourth-order valence-corrected chi connectivity index (χ4v) is 6.85. The molecule has 0 radical (unpaired) electrons. The molecule has 250 valence electrons. The molecule has 0 bridgehead atoms. The Balaban J connectivity index is 0.00000451. The van der Waals surface area contributed by atoms with Crippen molar-refractivity contribution in [3.05, 3.63) is 92.3 Å². The van der Waals surface area contributed by atoms with Crippen LogP contribution in [0.1, 0.15) is 89.1 Å². The Morgan fingerprint density at radius 3 is 2.46 bits per heavy atom. The van der Waals surface area contributed by atoms with Gasteiger partial charge in [-0.2, -0.15) is 10.1 Å². The zero-order valence-electron chi connectivity index (χ0n) is 27.2. The predicted octanol–water partition coefficient (Wildman–Crippen LogP) is 4.99. The van der Waals surface area contributed by atoms with Crippen molar-refractivity contribution < 1.29 is 18.8 Å². The molecule has 3 aromatic heterocycles. The molecule has 1 saturated carbocycles. The summed E-state index contributed by atoms with van der Waals surface area (Å²) in [5.74, 6) is -0.378. The summed E-state index contributed by atoms with van der Waals surface area (Å²) in [6.07, 6.45) is 6.26. The Labute approximate surface area is 320 Å². The molecule has 1 atom stereocenters. The zero-order chi connectivity index (χ0) is 33.3. The van der Waals surface area contributed by atoms with Crippen molar-refractivity contribution >= 4 is 57.2 Å². The van der Waals surface area contributed by atoms with Gasteiger partial charge in [0.05, 0.1) is 23.5 Å². The van der Waals surface area contributed by atoms with Gasteiger partial charge < -0.3 is 9.84 Å². The van der Waals surface area contributed by atoms with Gasteiger partial charge in [0.15, 0.2) is 5.82 Å². The number of hydrogen-bond acceptors (Lipinski definition) is 8. The Bertz CT molecular complexity index is 1990. The van der Waals surface area contributed by atoms with Crippen LogP contribution in [-0.4, -0.2) is 104 Å². The summed E-state index contributed by atoms with van der Waals surface area (Å²) in [7, 11) is 0. The first-order valence-corrected chi connectivity index (χ1v) is 16.4. The molecular weight excluding hydrogens is 643 g/mol. The molecule has 1 fully saturated rings. The van der Waals surface area contributed by atoms with E-state index in [-0.39, 0.29) is 87.4 Å². The Kier molecular flexibility index (Phi) is 11.7. The van der Waals surface area contributed by atoms with Gasteiger partial charge in [-0.15, -0.1) is 0 Å². The van der Waals surface area contributed by atoms with E-state index in [1.165, 1.54) is 12.4 Å². The molecule has 3 heterocycles. The van der Waals surface area contributed by atoms with Crippen molar-refractivity contribution in [2.75, 3.05) is 0 Å². The van der Waals surface area contributed by atoms with E-state index in [0.717, 1.165) is 25.0 Å². The van der Waals surface area contributed by atoms with Gasteiger partial charge in [0.25, 0.3) is 5.56 Å². The van der Waals surface area contributed by atoms with Crippen molar-refractivity contribution in [1.29, 1.82) is 0 Å². The van der Waals surface area contributed by atoms with Gasteiger partial charge in [0.1, 0.15) is 12.1 Å². The first-order valence-electron chi connectivity index (χ1n) is 16.4. The maximum absolute atomic E-state index is 15.9. The van der Waals surface area contributed by atoms with E-state index in [1.807, 2.05) is 26.0 Å². The summed E-state index contributed by atoms with van der Waals surface area (Å²) in [6, 6.07) is 12.1. The van der Waals surface area contributed by atoms with E-state index in [2.05, 4.69) is 24.7 Å². The molecule has 2 aromatic carbocycles. The molecule has 6 rings (SSSR count). The number of aliphatic hydroxyl groups is 1. The number of fused-ring (bicyclic) bond motifs is 1. The molecule has 48 heavy (non-hydrogen) atoms. The molecule has 0 saturated heterocycles. The van der Waals surface area contributed by atoms with E-state index < -0.39 is 17.2 Å². The molecular formula is C35H42FKN6O5. The van der Waals surface area contributed by atoms with Crippen LogP contribution in [0.4, 0.5) is 4.39 Å². The first kappa shape index (κ1) is 36.5. The van der Waals surface area contributed by atoms with Crippen LogP contribution in [0.5, 0.6) is 0 Å². The number of hydrogen-bond donors (Lipinski definition) is 2. The number of benzene rings is 2. The first-order chi connectivity index (χ1) is 22.6. The standard InChI is InChI=1S/C35H41FN6O5.K.H/c1-5-9-29-27(18-22-13-12-21(19-28(22)36)25-10-7-8-11-26(25)31-39-34(44)47-40-31)32(43)41(33-37-20-38-42(29)33)23-14-16-24(17-15-23)46-30(6-2)35(3,4)45;;/h7-8,10-13,19-20,23-24,30,45H,5-6,9,14-18H2,1-4H3,(H,39,40,44);;. The van der Waals surface area contributed by atoms with Crippen molar-refractivity contribution in [1.82, 2.24) is 29.3 Å². The average Bonchev–Trinajstić information content (AvgIpc) is 3.71. The zero-order valence-corrected chi connectivity index (χ0v) is 27.2. The number of nitrogens with one attached hydrogen (secondary N) is 1. The summed E-state index contributed by atoms with van der Waals surface area (Å²) in [5, 5.41) is 18.8. The number of aryl methyl sites for hydroxylation is 1. The molecule has 13 heteroatoms. The van der Waals surface area contributed by atoms with Gasteiger partial charge in [-0.1, -0.05) is 61.8 Å². The third-order valence-electron chi connectivity index (χ3n) is 9.19. The summed E-state index contributed by atoms with van der Waals surface area (Å²) in [4.78, 5) is 33.0. The van der Waals surface area contributed by atoms with Crippen LogP contribution in [0.3, 0.4) is 0 Å². The third-order valence-corrected chi connectivity index (χ3v) is 9.19. The molecule has 5 aromatic rings. The van der Waals surface area contributed by atoms with Gasteiger partial charge in [0.2, 0.25) is 5.78 Å². The number of H-pyrrole nitrogens is 1. The molecule has 2 N–H and O–H groups in total. The molecule has 0 spiro atoms. The van der Waals surface area contributed by atoms with E-state index in [0.29, 0.717) is 59.3 Å². The molecule has 11 nitrogen and oxygen atoms in total. The second kappa shape index (κ2) is 15.4. The van der Waals surface area contributed by atoms with E-state index in [1.54, 1.807) is 47.2 Å². The maximum atomic E-state index is 15.9. The number of halogens is 1. The third kappa shape index (κ3) is 7.52. The van der Waals surface area contributed by atoms with Crippen molar-refractivity contribution in [3.63, 3.8) is 0 Å². The van der Waals surface area contributed by atoms with Crippen LogP contribution in [0.15, 0.2) is 62.9 Å². The minimum atomic E-state index is -0.936. The number of rotatable bonds is 11. The molecule has 1 unspecified atom stereocenters. The Morgan fingerprint density at radius 2 is 1.83 bits per heavy atom. The second-order valence-corrected chi connectivity index (χ2v) is 12.9. The van der Waals surface area contributed by atoms with Crippen molar-refractivity contribution in [2.45, 2.75) is 103 Å². The predicted molar refractivity (Wildman–Crippen MR) is 182 cm³/mol. The summed E-state index contributed by atoms with van der Waals surface area (Å²) in [6.45, 7) is 7.58. The Hall–Kier alpha value is -2.78. The van der Waals surface area contributed by atoms with Crippen LogP contribution in [0, 0.1) is 5.82 Å². The quantitative estimate of drug-likeness (QED) is 0.186. The number of nitrogens with zero attached hydrogens (tertiary/aromatic N) is 5. The molecule has 1 aliphatic carbocycles. The van der Waals surface area contributed by atoms with E-state index >= 15 is 4.39 Å². The average molecular weight is 685 g/mol. The van der Waals surface area contributed by atoms with Crippen molar-refractivity contribution in [2.24, 2.45) is 0 Å². The van der Waals surface area contributed by atoms with Gasteiger partial charge >= 0.3 is 57.1 Å². The van der Waals surface area contributed by atoms with Gasteiger partial charge in [-0.3, -0.25) is 18.9 Å². The van der Waals surface area contributed by atoms with E-state index in [9.17, 15) is 14.7 Å². The number of ether oxygens (including phenoxy) is 1. The van der Waals surface area contributed by atoms with Crippen molar-refractivity contribution in [3.8, 4) is 22.5 Å². The van der Waals surface area contributed by atoms with Crippen LogP contribution >= 0.6 is 0 Å².